The first-order chi connectivity index (χ1) is 13.0. The van der Waals surface area contributed by atoms with E-state index in [9.17, 15) is 4.79 Å². The third-order valence-electron chi connectivity index (χ3n) is 3.76. The van der Waals surface area contributed by atoms with Gasteiger partial charge in [-0.25, -0.2) is 9.98 Å². The number of benzene rings is 1. The van der Waals surface area contributed by atoms with Gasteiger partial charge >= 0.3 is 0 Å². The average Bonchev–Trinajstić information content (AvgIpc) is 3.00. The lowest BCUT2D eigenvalue weighted by molar-refractivity contribution is 0.0954. The van der Waals surface area contributed by atoms with Gasteiger partial charge in [0.15, 0.2) is 5.96 Å². The second-order valence-corrected chi connectivity index (χ2v) is 7.14. The van der Waals surface area contributed by atoms with E-state index in [1.54, 1.807) is 36.6 Å². The second kappa shape index (κ2) is 10.5. The maximum atomic E-state index is 12.2. The Kier molecular flexibility index (Phi) is 8.06. The summed E-state index contributed by atoms with van der Waals surface area (Å²) in [7, 11) is 1.58. The van der Waals surface area contributed by atoms with Gasteiger partial charge in [0.25, 0.3) is 5.91 Å². The minimum absolute atomic E-state index is 0.131. The van der Waals surface area contributed by atoms with Crippen LogP contribution < -0.4 is 20.7 Å². The SMILES string of the molecule is CCNC(=NCc1sc(C)nc1C)NCCNC(=O)c1cccc(OC)c1. The van der Waals surface area contributed by atoms with Crippen LogP contribution in [0, 0.1) is 13.8 Å². The zero-order valence-corrected chi connectivity index (χ0v) is 17.1. The summed E-state index contributed by atoms with van der Waals surface area (Å²) < 4.78 is 5.14. The van der Waals surface area contributed by atoms with Gasteiger partial charge in [-0.1, -0.05) is 6.07 Å². The van der Waals surface area contributed by atoms with E-state index in [4.69, 9.17) is 4.74 Å². The molecule has 0 bridgehead atoms. The molecule has 0 spiro atoms. The molecule has 0 fully saturated rings. The quantitative estimate of drug-likeness (QED) is 0.366. The van der Waals surface area contributed by atoms with E-state index >= 15 is 0 Å². The Bertz CT molecular complexity index is 788. The Morgan fingerprint density at radius 2 is 2.00 bits per heavy atom. The lowest BCUT2D eigenvalue weighted by atomic mass is 10.2. The minimum Gasteiger partial charge on any atom is -0.497 e. The van der Waals surface area contributed by atoms with Crippen molar-refractivity contribution in [3.8, 4) is 5.75 Å². The fraction of sp³-hybridized carbons (Fsp3) is 0.421. The smallest absolute Gasteiger partial charge is 0.251 e. The van der Waals surface area contributed by atoms with Crippen LogP contribution in [0.25, 0.3) is 0 Å². The molecule has 8 heteroatoms. The maximum absolute atomic E-state index is 12.2. The minimum atomic E-state index is -0.131. The van der Waals surface area contributed by atoms with Gasteiger partial charge in [0.2, 0.25) is 0 Å². The molecule has 0 saturated heterocycles. The molecule has 3 N–H and O–H groups in total. The average molecular weight is 390 g/mol. The summed E-state index contributed by atoms with van der Waals surface area (Å²) in [6, 6.07) is 7.08. The monoisotopic (exact) mass is 389 g/mol. The van der Waals surface area contributed by atoms with Gasteiger partial charge in [0.05, 0.1) is 24.4 Å². The number of hydrogen-bond acceptors (Lipinski definition) is 5. The number of amides is 1. The molecule has 7 nitrogen and oxygen atoms in total. The number of nitrogens with zero attached hydrogens (tertiary/aromatic N) is 2. The van der Waals surface area contributed by atoms with E-state index in [0.29, 0.717) is 30.9 Å². The third-order valence-corrected chi connectivity index (χ3v) is 4.82. The molecule has 0 aliphatic heterocycles. The van der Waals surface area contributed by atoms with Gasteiger partial charge in [0.1, 0.15) is 5.75 Å². The second-order valence-electron chi connectivity index (χ2n) is 5.85. The number of guanidine groups is 1. The highest BCUT2D eigenvalue weighted by molar-refractivity contribution is 7.11. The number of hydrogen-bond donors (Lipinski definition) is 3. The maximum Gasteiger partial charge on any atom is 0.251 e. The lowest BCUT2D eigenvalue weighted by Crippen LogP contribution is -2.41. The molecule has 0 saturated carbocycles. The van der Waals surface area contributed by atoms with Crippen LogP contribution in [0.1, 0.15) is 32.9 Å². The number of rotatable bonds is 8. The molecule has 0 radical (unpaired) electrons. The van der Waals surface area contributed by atoms with Gasteiger partial charge in [-0.15, -0.1) is 11.3 Å². The first kappa shape index (κ1) is 20.7. The number of thiazole rings is 1. The molecule has 0 unspecified atom stereocenters. The van der Waals surface area contributed by atoms with Gasteiger partial charge in [-0.05, 0) is 39.0 Å². The molecule has 1 aromatic heterocycles. The van der Waals surface area contributed by atoms with Crippen LogP contribution in [-0.2, 0) is 6.54 Å². The van der Waals surface area contributed by atoms with Gasteiger partial charge in [-0.3, -0.25) is 4.79 Å². The Hall–Kier alpha value is -2.61. The Labute approximate surface area is 164 Å². The van der Waals surface area contributed by atoms with Crippen molar-refractivity contribution in [1.82, 2.24) is 20.9 Å². The molecular formula is C19H27N5O2S. The Morgan fingerprint density at radius 1 is 1.22 bits per heavy atom. The van der Waals surface area contributed by atoms with Crippen molar-refractivity contribution in [2.45, 2.75) is 27.3 Å². The summed E-state index contributed by atoms with van der Waals surface area (Å²) in [6.45, 7) is 8.43. The molecule has 0 atom stereocenters. The molecule has 0 aliphatic rings. The number of carbonyl (C=O) groups excluding carboxylic acids is 1. The van der Waals surface area contributed by atoms with Crippen molar-refractivity contribution in [3.63, 3.8) is 0 Å². The summed E-state index contributed by atoms with van der Waals surface area (Å²) in [4.78, 5) is 22.4. The predicted molar refractivity (Wildman–Crippen MR) is 110 cm³/mol. The summed E-state index contributed by atoms with van der Waals surface area (Å²) in [5.74, 6) is 1.25. The molecule has 1 amide bonds. The topological polar surface area (TPSA) is 87.6 Å². The van der Waals surface area contributed by atoms with E-state index in [1.807, 2.05) is 26.8 Å². The molecular weight excluding hydrogens is 362 g/mol. The largest absolute Gasteiger partial charge is 0.497 e. The number of aromatic nitrogens is 1. The van der Waals surface area contributed by atoms with Crippen molar-refractivity contribution in [2.24, 2.45) is 4.99 Å². The van der Waals surface area contributed by atoms with Crippen molar-refractivity contribution >= 4 is 23.2 Å². The number of carbonyl (C=O) groups is 1. The fourth-order valence-electron chi connectivity index (χ4n) is 2.44. The summed E-state index contributed by atoms with van der Waals surface area (Å²) in [5.41, 5.74) is 1.61. The highest BCUT2D eigenvalue weighted by Gasteiger charge is 2.07. The van der Waals surface area contributed by atoms with E-state index in [2.05, 4.69) is 25.9 Å². The third kappa shape index (κ3) is 6.56. The number of nitrogens with one attached hydrogen (secondary N) is 3. The van der Waals surface area contributed by atoms with Crippen LogP contribution in [-0.4, -0.2) is 43.6 Å². The molecule has 27 heavy (non-hydrogen) atoms. The summed E-state index contributed by atoms with van der Waals surface area (Å²) >= 11 is 1.67. The zero-order chi connectivity index (χ0) is 19.6. The number of ether oxygens (including phenoxy) is 1. The van der Waals surface area contributed by atoms with Crippen molar-refractivity contribution in [3.05, 3.63) is 45.4 Å². The molecule has 2 aromatic rings. The molecule has 1 heterocycles. The van der Waals surface area contributed by atoms with Gasteiger partial charge in [0, 0.05) is 30.1 Å². The van der Waals surface area contributed by atoms with E-state index < -0.39 is 0 Å². The standard InChI is InChI=1S/C19H27N5O2S/c1-5-20-19(23-12-17-13(2)24-14(3)27-17)22-10-9-21-18(25)15-7-6-8-16(11-15)26-4/h6-8,11H,5,9-10,12H2,1-4H3,(H,21,25)(H2,20,22,23). The Balaban J connectivity index is 1.82. The number of methoxy groups -OCH3 is 1. The van der Waals surface area contributed by atoms with Crippen molar-refractivity contribution in [2.75, 3.05) is 26.7 Å². The first-order valence-electron chi connectivity index (χ1n) is 8.90. The predicted octanol–water partition coefficient (Wildman–Crippen LogP) is 2.25. The van der Waals surface area contributed by atoms with Crippen molar-refractivity contribution < 1.29 is 9.53 Å². The van der Waals surface area contributed by atoms with E-state index in [-0.39, 0.29) is 5.91 Å². The van der Waals surface area contributed by atoms with Crippen molar-refractivity contribution in [1.29, 1.82) is 0 Å². The van der Waals surface area contributed by atoms with Crippen LogP contribution >= 0.6 is 11.3 Å². The highest BCUT2D eigenvalue weighted by atomic mass is 32.1. The van der Waals surface area contributed by atoms with Crippen LogP contribution in [0.2, 0.25) is 0 Å². The Morgan fingerprint density at radius 3 is 2.67 bits per heavy atom. The molecule has 146 valence electrons. The number of aryl methyl sites for hydroxylation is 2. The summed E-state index contributed by atoms with van der Waals surface area (Å²) in [6.07, 6.45) is 0. The number of aliphatic imine (C=N–C) groups is 1. The first-order valence-corrected chi connectivity index (χ1v) is 9.72. The van der Waals surface area contributed by atoms with Crippen LogP contribution in [0.5, 0.6) is 5.75 Å². The van der Waals surface area contributed by atoms with E-state index in [1.165, 1.54) is 0 Å². The van der Waals surface area contributed by atoms with Crippen LogP contribution in [0.3, 0.4) is 0 Å². The van der Waals surface area contributed by atoms with Gasteiger partial charge in [-0.2, -0.15) is 0 Å². The highest BCUT2D eigenvalue weighted by Crippen LogP contribution is 2.17. The van der Waals surface area contributed by atoms with Crippen LogP contribution in [0.15, 0.2) is 29.3 Å². The lowest BCUT2D eigenvalue weighted by Gasteiger charge is -2.12. The van der Waals surface area contributed by atoms with Crippen LogP contribution in [0.4, 0.5) is 0 Å². The fourth-order valence-corrected chi connectivity index (χ4v) is 3.30. The molecule has 2 rings (SSSR count). The zero-order valence-electron chi connectivity index (χ0n) is 16.3. The molecule has 1 aromatic carbocycles. The molecule has 0 aliphatic carbocycles. The normalized spacial score (nSPS) is 11.2. The van der Waals surface area contributed by atoms with Gasteiger partial charge < -0.3 is 20.7 Å². The summed E-state index contributed by atoms with van der Waals surface area (Å²) in [5, 5.41) is 10.4. The van der Waals surface area contributed by atoms with E-state index in [0.717, 1.165) is 28.1 Å².